The van der Waals surface area contributed by atoms with Gasteiger partial charge in [0.25, 0.3) is 5.82 Å². The second-order valence-corrected chi connectivity index (χ2v) is 11.4. The molecule has 2 nitrogen and oxygen atoms in total. The van der Waals surface area contributed by atoms with Gasteiger partial charge in [0.15, 0.2) is 0 Å². The third-order valence-corrected chi connectivity index (χ3v) is 8.05. The van der Waals surface area contributed by atoms with Crippen LogP contribution in [0.15, 0.2) is 42.7 Å². The van der Waals surface area contributed by atoms with E-state index in [1.807, 2.05) is 0 Å². The SMILES string of the molecule is CCCCCCCCCCCCCCCCCCc1n(-c2ccccc2)cc[n+]1CCCCCCCC. The van der Waals surface area contributed by atoms with Crippen LogP contribution in [0.1, 0.15) is 161 Å². The number of unbranched alkanes of at least 4 members (excludes halogenated alkanes) is 20. The van der Waals surface area contributed by atoms with E-state index in [1.165, 1.54) is 166 Å². The standard InChI is InChI=1S/C35H61N2/c1-3-5-7-9-11-12-13-14-15-16-17-18-19-20-21-26-30-35-36(31-27-22-10-8-6-4-2)32-33-37(35)34-28-24-23-25-29-34/h23-25,28-29,32-33H,3-22,26-27,30-31H2,1-2H3/q+1. The van der Waals surface area contributed by atoms with E-state index in [4.69, 9.17) is 0 Å². The summed E-state index contributed by atoms with van der Waals surface area (Å²) in [6.45, 7) is 5.77. The van der Waals surface area contributed by atoms with Crippen LogP contribution < -0.4 is 4.57 Å². The van der Waals surface area contributed by atoms with Crippen molar-refractivity contribution in [1.29, 1.82) is 0 Å². The molecule has 0 fully saturated rings. The molecular formula is C35H61N2+. The van der Waals surface area contributed by atoms with E-state index in [0.717, 1.165) is 0 Å². The highest BCUT2D eigenvalue weighted by Crippen LogP contribution is 2.16. The Morgan fingerprint density at radius 2 is 0.946 bits per heavy atom. The van der Waals surface area contributed by atoms with Gasteiger partial charge < -0.3 is 0 Å². The Hall–Kier alpha value is -1.57. The molecular weight excluding hydrogens is 448 g/mol. The first-order valence-corrected chi connectivity index (χ1v) is 16.5. The van der Waals surface area contributed by atoms with Gasteiger partial charge in [-0.1, -0.05) is 154 Å². The Morgan fingerprint density at radius 3 is 1.43 bits per heavy atom. The van der Waals surface area contributed by atoms with Crippen molar-refractivity contribution in [2.75, 3.05) is 0 Å². The molecule has 1 aromatic heterocycles. The first-order chi connectivity index (χ1) is 18.4. The largest absolute Gasteiger partial charge is 0.261 e. The van der Waals surface area contributed by atoms with Gasteiger partial charge in [-0.15, -0.1) is 0 Å². The average molecular weight is 510 g/mol. The Morgan fingerprint density at radius 1 is 0.514 bits per heavy atom. The highest BCUT2D eigenvalue weighted by molar-refractivity contribution is 5.31. The van der Waals surface area contributed by atoms with Crippen molar-refractivity contribution in [3.05, 3.63) is 48.5 Å². The molecule has 0 bridgehead atoms. The van der Waals surface area contributed by atoms with Crippen LogP contribution in [0.2, 0.25) is 0 Å². The predicted octanol–water partition coefficient (Wildman–Crippen LogP) is 10.9. The van der Waals surface area contributed by atoms with Gasteiger partial charge in [-0.05, 0) is 31.4 Å². The summed E-state index contributed by atoms with van der Waals surface area (Å²) in [5, 5.41) is 0. The van der Waals surface area contributed by atoms with Gasteiger partial charge in [0.05, 0.1) is 6.54 Å². The van der Waals surface area contributed by atoms with Crippen LogP contribution in [0.25, 0.3) is 5.69 Å². The third kappa shape index (κ3) is 14.8. The van der Waals surface area contributed by atoms with Crippen molar-refractivity contribution in [3.63, 3.8) is 0 Å². The molecule has 2 rings (SSSR count). The molecule has 0 aliphatic heterocycles. The zero-order valence-electron chi connectivity index (χ0n) is 24.9. The quantitative estimate of drug-likeness (QED) is 0.0929. The van der Waals surface area contributed by atoms with E-state index in [0.29, 0.717) is 0 Å². The second-order valence-electron chi connectivity index (χ2n) is 11.4. The van der Waals surface area contributed by atoms with Crippen LogP contribution in [0, 0.1) is 0 Å². The summed E-state index contributed by atoms with van der Waals surface area (Å²) in [6.07, 6.45) is 36.9. The van der Waals surface area contributed by atoms with Gasteiger partial charge in [-0.2, -0.15) is 4.57 Å². The summed E-state index contributed by atoms with van der Waals surface area (Å²) in [7, 11) is 0. The third-order valence-electron chi connectivity index (χ3n) is 8.05. The molecule has 0 aliphatic rings. The number of benzene rings is 1. The number of hydrogen-bond acceptors (Lipinski definition) is 0. The lowest BCUT2D eigenvalue weighted by Crippen LogP contribution is -2.37. The number of hydrogen-bond donors (Lipinski definition) is 0. The molecule has 0 atom stereocenters. The molecule has 1 heterocycles. The molecule has 0 radical (unpaired) electrons. The summed E-state index contributed by atoms with van der Waals surface area (Å²) < 4.78 is 4.97. The molecule has 0 saturated carbocycles. The number of imidazole rings is 1. The van der Waals surface area contributed by atoms with Gasteiger partial charge in [0.2, 0.25) is 0 Å². The highest BCUT2D eigenvalue weighted by atomic mass is 15.1. The topological polar surface area (TPSA) is 8.81 Å². The number of para-hydroxylation sites is 1. The normalized spacial score (nSPS) is 11.4. The molecule has 0 N–H and O–H groups in total. The van der Waals surface area contributed by atoms with Crippen molar-refractivity contribution in [3.8, 4) is 5.69 Å². The first kappa shape index (κ1) is 31.6. The van der Waals surface area contributed by atoms with Crippen molar-refractivity contribution in [1.82, 2.24) is 4.57 Å². The van der Waals surface area contributed by atoms with Crippen molar-refractivity contribution in [2.24, 2.45) is 0 Å². The molecule has 2 heteroatoms. The maximum Gasteiger partial charge on any atom is 0.261 e. The average Bonchev–Trinajstić information content (AvgIpc) is 3.33. The monoisotopic (exact) mass is 509 g/mol. The van der Waals surface area contributed by atoms with E-state index in [-0.39, 0.29) is 0 Å². The summed E-state index contributed by atoms with van der Waals surface area (Å²) >= 11 is 0. The fraction of sp³-hybridized carbons (Fsp3) is 0.743. The molecule has 0 amide bonds. The summed E-state index contributed by atoms with van der Waals surface area (Å²) in [5.41, 5.74) is 1.30. The Kier molecular flexibility index (Phi) is 19.2. The van der Waals surface area contributed by atoms with Crippen molar-refractivity contribution >= 4 is 0 Å². The second kappa shape index (κ2) is 22.4. The maximum absolute atomic E-state index is 2.54. The van der Waals surface area contributed by atoms with E-state index in [1.54, 1.807) is 0 Å². The zero-order valence-corrected chi connectivity index (χ0v) is 24.9. The Labute approximate surface area is 231 Å². The number of rotatable bonds is 25. The molecule has 0 unspecified atom stereocenters. The summed E-state index contributed by atoms with van der Waals surface area (Å²) in [6, 6.07) is 10.9. The molecule has 37 heavy (non-hydrogen) atoms. The van der Waals surface area contributed by atoms with Crippen LogP contribution >= 0.6 is 0 Å². The molecule has 0 saturated heterocycles. The fourth-order valence-electron chi connectivity index (χ4n) is 5.64. The van der Waals surface area contributed by atoms with E-state index in [2.05, 4.69) is 65.7 Å². The zero-order chi connectivity index (χ0) is 26.2. The minimum atomic E-state index is 1.17. The number of aromatic nitrogens is 2. The van der Waals surface area contributed by atoms with Gasteiger partial charge in [0.1, 0.15) is 18.1 Å². The van der Waals surface area contributed by atoms with Crippen LogP contribution in [-0.2, 0) is 13.0 Å². The summed E-state index contributed by atoms with van der Waals surface area (Å²) in [5.74, 6) is 1.49. The highest BCUT2D eigenvalue weighted by Gasteiger charge is 2.18. The molecule has 210 valence electrons. The molecule has 0 spiro atoms. The Balaban J connectivity index is 1.58. The lowest BCUT2D eigenvalue weighted by atomic mass is 10.0. The van der Waals surface area contributed by atoms with Crippen molar-refractivity contribution in [2.45, 2.75) is 168 Å². The van der Waals surface area contributed by atoms with Gasteiger partial charge >= 0.3 is 0 Å². The lowest BCUT2D eigenvalue weighted by molar-refractivity contribution is -0.704. The minimum Gasteiger partial charge on any atom is -0.234 e. The van der Waals surface area contributed by atoms with E-state index in [9.17, 15) is 0 Å². The van der Waals surface area contributed by atoms with E-state index >= 15 is 0 Å². The van der Waals surface area contributed by atoms with Crippen LogP contribution in [0.3, 0.4) is 0 Å². The lowest BCUT2D eigenvalue weighted by Gasteiger charge is -2.06. The molecule has 0 aliphatic carbocycles. The summed E-state index contributed by atoms with van der Waals surface area (Å²) in [4.78, 5) is 0. The first-order valence-electron chi connectivity index (χ1n) is 16.5. The molecule has 2 aromatic rings. The van der Waals surface area contributed by atoms with Crippen LogP contribution in [-0.4, -0.2) is 4.57 Å². The van der Waals surface area contributed by atoms with Crippen LogP contribution in [0.5, 0.6) is 0 Å². The van der Waals surface area contributed by atoms with E-state index < -0.39 is 0 Å². The van der Waals surface area contributed by atoms with Crippen LogP contribution in [0.4, 0.5) is 0 Å². The van der Waals surface area contributed by atoms with Gasteiger partial charge in [-0.3, -0.25) is 0 Å². The maximum atomic E-state index is 2.54. The number of nitrogens with zero attached hydrogens (tertiary/aromatic N) is 2. The number of aryl methyl sites for hydroxylation is 1. The van der Waals surface area contributed by atoms with Crippen molar-refractivity contribution < 1.29 is 4.57 Å². The Bertz CT molecular complexity index is 748. The van der Waals surface area contributed by atoms with Gasteiger partial charge in [-0.25, -0.2) is 4.57 Å². The predicted molar refractivity (Wildman–Crippen MR) is 163 cm³/mol. The smallest absolute Gasteiger partial charge is 0.234 e. The minimum absolute atomic E-state index is 1.17. The molecule has 1 aromatic carbocycles. The van der Waals surface area contributed by atoms with Gasteiger partial charge in [0, 0.05) is 6.42 Å². The fourth-order valence-corrected chi connectivity index (χ4v) is 5.64.